The van der Waals surface area contributed by atoms with E-state index in [1.165, 1.54) is 6.42 Å². The average Bonchev–Trinajstić information content (AvgIpc) is 2.54. The van der Waals surface area contributed by atoms with Crippen LogP contribution in [0.25, 0.3) is 0 Å². The minimum absolute atomic E-state index is 0.0177. The van der Waals surface area contributed by atoms with Gasteiger partial charge in [0, 0.05) is 18.6 Å². The highest BCUT2D eigenvalue weighted by Crippen LogP contribution is 2.21. The number of amides is 1. The molecule has 0 spiro atoms. The van der Waals surface area contributed by atoms with Crippen molar-refractivity contribution in [1.82, 2.24) is 15.1 Å². The minimum Gasteiger partial charge on any atom is -0.366 e. The van der Waals surface area contributed by atoms with Crippen molar-refractivity contribution in [1.29, 1.82) is 0 Å². The predicted octanol–water partition coefficient (Wildman–Crippen LogP) is 3.09. The van der Waals surface area contributed by atoms with Crippen molar-refractivity contribution in [3.63, 3.8) is 0 Å². The molecule has 21 heavy (non-hydrogen) atoms. The first-order valence-electron chi connectivity index (χ1n) is 8.07. The Morgan fingerprint density at radius 3 is 2.81 bits per heavy atom. The summed E-state index contributed by atoms with van der Waals surface area (Å²) in [7, 11) is 0. The van der Waals surface area contributed by atoms with Gasteiger partial charge in [0.15, 0.2) is 5.69 Å². The Kier molecular flexibility index (Phi) is 5.53. The fourth-order valence-corrected chi connectivity index (χ4v) is 2.72. The highest BCUT2D eigenvalue weighted by atomic mass is 16.2. The normalized spacial score (nSPS) is 20.1. The smallest absolute Gasteiger partial charge is 0.274 e. The van der Waals surface area contributed by atoms with E-state index in [0.29, 0.717) is 17.8 Å². The monoisotopic (exact) mass is 290 g/mol. The molecule has 0 aliphatic carbocycles. The molecule has 0 saturated carbocycles. The number of nitrogens with one attached hydrogen (secondary N) is 1. The van der Waals surface area contributed by atoms with Crippen molar-refractivity contribution in [2.24, 2.45) is 0 Å². The van der Waals surface area contributed by atoms with Crippen LogP contribution in [0, 0.1) is 0 Å². The number of anilines is 1. The molecule has 1 fully saturated rings. The van der Waals surface area contributed by atoms with Crippen LogP contribution in [0.3, 0.4) is 0 Å². The number of likely N-dealkylation sites (tertiary alicyclic amines) is 1. The van der Waals surface area contributed by atoms with Gasteiger partial charge in [-0.25, -0.2) is 0 Å². The average molecular weight is 290 g/mol. The van der Waals surface area contributed by atoms with E-state index < -0.39 is 0 Å². The molecule has 1 aliphatic heterocycles. The second kappa shape index (κ2) is 7.38. The van der Waals surface area contributed by atoms with E-state index >= 15 is 0 Å². The summed E-state index contributed by atoms with van der Waals surface area (Å²) in [5.41, 5.74) is 0.449. The third kappa shape index (κ3) is 3.93. The van der Waals surface area contributed by atoms with Gasteiger partial charge in [-0.15, -0.1) is 10.2 Å². The summed E-state index contributed by atoms with van der Waals surface area (Å²) in [4.78, 5) is 14.5. The Morgan fingerprint density at radius 2 is 2.19 bits per heavy atom. The quantitative estimate of drug-likeness (QED) is 0.905. The number of carbonyl (C=O) groups is 1. The van der Waals surface area contributed by atoms with Crippen LogP contribution in [0.15, 0.2) is 12.1 Å². The first-order chi connectivity index (χ1) is 10.2. The summed E-state index contributed by atoms with van der Waals surface area (Å²) in [6.07, 6.45) is 5.43. The van der Waals surface area contributed by atoms with E-state index in [4.69, 9.17) is 0 Å². The van der Waals surface area contributed by atoms with Crippen LogP contribution in [-0.4, -0.2) is 39.6 Å². The molecule has 1 saturated heterocycles. The van der Waals surface area contributed by atoms with Crippen LogP contribution in [0.4, 0.5) is 5.82 Å². The largest absolute Gasteiger partial charge is 0.366 e. The standard InChI is InChI=1S/C16H26N4O/c1-4-12(3)17-15-10-9-14(18-19-15)16(21)20-11-7-6-8-13(20)5-2/h9-10,12-13H,4-8,11H2,1-3H3,(H,17,19). The van der Waals surface area contributed by atoms with E-state index in [2.05, 4.69) is 36.3 Å². The zero-order valence-corrected chi connectivity index (χ0v) is 13.3. The lowest BCUT2D eigenvalue weighted by Gasteiger charge is -2.34. The fraction of sp³-hybridized carbons (Fsp3) is 0.688. The number of hydrogen-bond acceptors (Lipinski definition) is 4. The molecule has 2 heterocycles. The number of rotatable bonds is 5. The zero-order valence-electron chi connectivity index (χ0n) is 13.3. The van der Waals surface area contributed by atoms with E-state index in [9.17, 15) is 4.79 Å². The van der Waals surface area contributed by atoms with Crippen molar-refractivity contribution >= 4 is 11.7 Å². The maximum absolute atomic E-state index is 12.6. The molecule has 5 nitrogen and oxygen atoms in total. The highest BCUT2D eigenvalue weighted by molar-refractivity contribution is 5.92. The molecule has 0 bridgehead atoms. The molecular formula is C16H26N4O. The first-order valence-corrected chi connectivity index (χ1v) is 8.07. The van der Waals surface area contributed by atoms with Gasteiger partial charge in [-0.05, 0) is 51.2 Å². The van der Waals surface area contributed by atoms with Gasteiger partial charge in [0.05, 0.1) is 0 Å². The van der Waals surface area contributed by atoms with E-state index in [1.54, 1.807) is 6.07 Å². The first kappa shape index (κ1) is 15.7. The summed E-state index contributed by atoms with van der Waals surface area (Å²) >= 11 is 0. The number of nitrogens with zero attached hydrogens (tertiary/aromatic N) is 3. The van der Waals surface area contributed by atoms with Crippen LogP contribution in [0.2, 0.25) is 0 Å². The van der Waals surface area contributed by atoms with Gasteiger partial charge in [-0.2, -0.15) is 0 Å². The van der Waals surface area contributed by atoms with Gasteiger partial charge in [-0.3, -0.25) is 4.79 Å². The molecule has 1 aromatic heterocycles. The van der Waals surface area contributed by atoms with Crippen LogP contribution in [0.1, 0.15) is 63.4 Å². The lowest BCUT2D eigenvalue weighted by Crippen LogP contribution is -2.43. The topological polar surface area (TPSA) is 58.1 Å². The van der Waals surface area contributed by atoms with Crippen molar-refractivity contribution in [3.8, 4) is 0 Å². The molecule has 1 N–H and O–H groups in total. The maximum atomic E-state index is 12.6. The van der Waals surface area contributed by atoms with Gasteiger partial charge in [0.1, 0.15) is 5.82 Å². The second-order valence-electron chi connectivity index (χ2n) is 5.81. The zero-order chi connectivity index (χ0) is 15.2. The molecule has 1 aliphatic rings. The van der Waals surface area contributed by atoms with Crippen molar-refractivity contribution in [2.75, 3.05) is 11.9 Å². The third-order valence-corrected chi connectivity index (χ3v) is 4.25. The summed E-state index contributed by atoms with van der Waals surface area (Å²) in [5.74, 6) is 0.746. The molecule has 2 rings (SSSR count). The second-order valence-corrected chi connectivity index (χ2v) is 5.81. The Morgan fingerprint density at radius 1 is 1.38 bits per heavy atom. The Bertz CT molecular complexity index is 460. The Labute approximate surface area is 127 Å². The number of aromatic nitrogens is 2. The van der Waals surface area contributed by atoms with Gasteiger partial charge >= 0.3 is 0 Å². The van der Waals surface area contributed by atoms with Crippen LogP contribution >= 0.6 is 0 Å². The van der Waals surface area contributed by atoms with E-state index in [1.807, 2.05) is 11.0 Å². The summed E-state index contributed by atoms with van der Waals surface area (Å²) in [6, 6.07) is 4.33. The summed E-state index contributed by atoms with van der Waals surface area (Å²) < 4.78 is 0. The minimum atomic E-state index is 0.0177. The highest BCUT2D eigenvalue weighted by Gasteiger charge is 2.27. The number of carbonyl (C=O) groups excluding carboxylic acids is 1. The van der Waals surface area contributed by atoms with Gasteiger partial charge in [0.25, 0.3) is 5.91 Å². The van der Waals surface area contributed by atoms with E-state index in [0.717, 1.165) is 38.0 Å². The van der Waals surface area contributed by atoms with Gasteiger partial charge in [-0.1, -0.05) is 13.8 Å². The molecule has 1 aromatic rings. The molecule has 116 valence electrons. The molecule has 0 radical (unpaired) electrons. The third-order valence-electron chi connectivity index (χ3n) is 4.25. The molecule has 0 aromatic carbocycles. The fourth-order valence-electron chi connectivity index (χ4n) is 2.72. The number of piperidine rings is 1. The lowest BCUT2D eigenvalue weighted by atomic mass is 9.99. The van der Waals surface area contributed by atoms with Crippen LogP contribution in [-0.2, 0) is 0 Å². The Hall–Kier alpha value is -1.65. The maximum Gasteiger partial charge on any atom is 0.274 e. The van der Waals surface area contributed by atoms with E-state index in [-0.39, 0.29) is 5.91 Å². The summed E-state index contributed by atoms with van der Waals surface area (Å²) in [5, 5.41) is 11.5. The Balaban J connectivity index is 2.05. The molecule has 2 unspecified atom stereocenters. The van der Waals surface area contributed by atoms with Crippen molar-refractivity contribution in [3.05, 3.63) is 17.8 Å². The van der Waals surface area contributed by atoms with Crippen molar-refractivity contribution < 1.29 is 4.79 Å². The van der Waals surface area contributed by atoms with Gasteiger partial charge < -0.3 is 10.2 Å². The predicted molar refractivity (Wildman–Crippen MR) is 84.4 cm³/mol. The number of hydrogen-bond donors (Lipinski definition) is 1. The molecular weight excluding hydrogens is 264 g/mol. The SMILES string of the molecule is CCC(C)Nc1ccc(C(=O)N2CCCCC2CC)nn1. The molecule has 5 heteroatoms. The van der Waals surface area contributed by atoms with Crippen LogP contribution in [0.5, 0.6) is 0 Å². The molecule has 1 amide bonds. The lowest BCUT2D eigenvalue weighted by molar-refractivity contribution is 0.0601. The molecule has 2 atom stereocenters. The van der Waals surface area contributed by atoms with Gasteiger partial charge in [0.2, 0.25) is 0 Å². The summed E-state index contributed by atoms with van der Waals surface area (Å²) in [6.45, 7) is 7.19. The van der Waals surface area contributed by atoms with Crippen LogP contribution < -0.4 is 5.32 Å². The van der Waals surface area contributed by atoms with Crippen molar-refractivity contribution in [2.45, 2.75) is 65.0 Å².